The molecule has 2 unspecified atom stereocenters. The molecule has 0 aromatic carbocycles. The third-order valence-electron chi connectivity index (χ3n) is 3.48. The number of nitrogens with zero attached hydrogens (tertiary/aromatic N) is 3. The van der Waals surface area contributed by atoms with Crippen molar-refractivity contribution in [3.8, 4) is 18.2 Å². The molecule has 0 aromatic heterocycles. The van der Waals surface area contributed by atoms with Crippen LogP contribution in [0, 0.1) is 51.2 Å². The summed E-state index contributed by atoms with van der Waals surface area (Å²) >= 11 is 0. The molecule has 5 nitrogen and oxygen atoms in total. The maximum atomic E-state index is 11.7. The third kappa shape index (κ3) is 1.63. The van der Waals surface area contributed by atoms with Crippen molar-refractivity contribution in [2.45, 2.75) is 26.7 Å². The van der Waals surface area contributed by atoms with Gasteiger partial charge in [0.2, 0.25) is 0 Å². The Morgan fingerprint density at radius 1 is 1.39 bits per heavy atom. The Kier molecular flexibility index (Phi) is 3.74. The van der Waals surface area contributed by atoms with Crippen molar-refractivity contribution in [3.63, 3.8) is 0 Å². The van der Waals surface area contributed by atoms with Crippen LogP contribution in [0.2, 0.25) is 0 Å². The molecule has 92 valence electrons. The van der Waals surface area contributed by atoms with E-state index in [9.17, 15) is 15.3 Å². The van der Waals surface area contributed by atoms with E-state index in [1.54, 1.807) is 0 Å². The minimum Gasteiger partial charge on any atom is -0.401 e. The average Bonchev–Trinajstić information content (AvgIpc) is 2.58. The Hall–Kier alpha value is -2.32. The zero-order chi connectivity index (χ0) is 13.9. The lowest BCUT2D eigenvalue weighted by Crippen LogP contribution is -2.32. The molecule has 0 amide bonds. The third-order valence-corrected chi connectivity index (χ3v) is 3.48. The molecule has 1 aliphatic carbocycles. The van der Waals surface area contributed by atoms with Crippen LogP contribution in [0.3, 0.4) is 0 Å². The summed E-state index contributed by atoms with van der Waals surface area (Å²) < 4.78 is 0. The average molecular weight is 242 g/mol. The molecule has 0 spiro atoms. The van der Waals surface area contributed by atoms with E-state index in [-0.39, 0.29) is 17.1 Å². The van der Waals surface area contributed by atoms with E-state index >= 15 is 0 Å². The second kappa shape index (κ2) is 4.90. The van der Waals surface area contributed by atoms with Gasteiger partial charge in [-0.15, -0.1) is 0 Å². The van der Waals surface area contributed by atoms with E-state index in [4.69, 9.17) is 11.0 Å². The van der Waals surface area contributed by atoms with Crippen molar-refractivity contribution in [2.24, 2.45) is 23.0 Å². The highest BCUT2D eigenvalue weighted by Crippen LogP contribution is 2.50. The van der Waals surface area contributed by atoms with Gasteiger partial charge < -0.3 is 5.73 Å². The number of hydrogen-bond acceptors (Lipinski definition) is 5. The monoisotopic (exact) mass is 242 g/mol. The molecule has 1 rings (SSSR count). The van der Waals surface area contributed by atoms with Crippen molar-refractivity contribution in [2.75, 3.05) is 0 Å². The van der Waals surface area contributed by atoms with Crippen LogP contribution in [0.15, 0.2) is 11.3 Å². The van der Waals surface area contributed by atoms with Crippen LogP contribution < -0.4 is 5.73 Å². The van der Waals surface area contributed by atoms with Gasteiger partial charge in [-0.25, -0.2) is 0 Å². The number of hydrogen-bond donors (Lipinski definition) is 1. The number of carbonyl (C=O) groups is 1. The first-order chi connectivity index (χ1) is 8.49. The molecule has 0 bridgehead atoms. The van der Waals surface area contributed by atoms with E-state index < -0.39 is 17.3 Å². The Morgan fingerprint density at radius 3 is 2.28 bits per heavy atom. The number of nitriles is 3. The molecule has 0 heterocycles. The van der Waals surface area contributed by atoms with Gasteiger partial charge in [0.25, 0.3) is 0 Å². The predicted octanol–water partition coefficient (Wildman–Crippen LogP) is 1.39. The second-order valence-electron chi connectivity index (χ2n) is 4.46. The van der Waals surface area contributed by atoms with E-state index in [1.807, 2.05) is 25.1 Å². The van der Waals surface area contributed by atoms with Crippen LogP contribution >= 0.6 is 0 Å². The maximum absolute atomic E-state index is 11.7. The summed E-state index contributed by atoms with van der Waals surface area (Å²) in [4.78, 5) is 11.7. The lowest BCUT2D eigenvalue weighted by molar-refractivity contribution is -0.121. The zero-order valence-corrected chi connectivity index (χ0v) is 10.4. The van der Waals surface area contributed by atoms with Gasteiger partial charge in [0.1, 0.15) is 5.78 Å². The van der Waals surface area contributed by atoms with Crippen molar-refractivity contribution in [3.05, 3.63) is 11.3 Å². The number of carbonyl (C=O) groups excluding carboxylic acids is 1. The number of Topliss-reactive ketones (excluding diaryl/α,β-unsaturated/α-hetero) is 1. The highest BCUT2D eigenvalue weighted by Gasteiger charge is 2.56. The lowest BCUT2D eigenvalue weighted by Gasteiger charge is -2.25. The van der Waals surface area contributed by atoms with Crippen molar-refractivity contribution in [1.82, 2.24) is 0 Å². The molecule has 5 heteroatoms. The fraction of sp³-hybridized carbons (Fsp3) is 0.538. The minimum absolute atomic E-state index is 0.0499. The van der Waals surface area contributed by atoms with E-state index in [0.717, 1.165) is 0 Å². The summed E-state index contributed by atoms with van der Waals surface area (Å²) in [7, 11) is 0. The molecule has 1 aliphatic rings. The number of nitrogens with two attached hydrogens (primary N) is 1. The highest BCUT2D eigenvalue weighted by atomic mass is 16.1. The summed E-state index contributed by atoms with van der Waals surface area (Å²) in [5, 5.41) is 27.7. The standard InChI is InChI=1S/C13H14N4O/c1-3-4-9-11(8(2)18)12(17)10(5-14)13(9,6-15)7-16/h9,11H,3-4,17H2,1-2H3. The van der Waals surface area contributed by atoms with Crippen LogP contribution in [0.4, 0.5) is 0 Å². The molecule has 0 saturated carbocycles. The van der Waals surface area contributed by atoms with Gasteiger partial charge in [0.15, 0.2) is 5.41 Å². The summed E-state index contributed by atoms with van der Waals surface area (Å²) in [6.45, 7) is 3.28. The van der Waals surface area contributed by atoms with Gasteiger partial charge in [0, 0.05) is 11.6 Å². The Balaban J connectivity index is 3.51. The first-order valence-corrected chi connectivity index (χ1v) is 5.73. The Morgan fingerprint density at radius 2 is 1.94 bits per heavy atom. The van der Waals surface area contributed by atoms with Crippen LogP contribution in [0.5, 0.6) is 0 Å². The first kappa shape index (κ1) is 13.7. The summed E-state index contributed by atoms with van der Waals surface area (Å²) in [6.07, 6.45) is 1.22. The van der Waals surface area contributed by atoms with Gasteiger partial charge in [-0.2, -0.15) is 15.8 Å². The van der Waals surface area contributed by atoms with Crippen LogP contribution in [0.25, 0.3) is 0 Å². The molecule has 0 aliphatic heterocycles. The highest BCUT2D eigenvalue weighted by molar-refractivity contribution is 5.84. The Bertz CT molecular complexity index is 513. The van der Waals surface area contributed by atoms with Crippen LogP contribution in [0.1, 0.15) is 26.7 Å². The van der Waals surface area contributed by atoms with Gasteiger partial charge in [-0.3, -0.25) is 4.79 Å². The quantitative estimate of drug-likeness (QED) is 0.803. The molecule has 0 saturated heterocycles. The smallest absolute Gasteiger partial charge is 0.183 e. The van der Waals surface area contributed by atoms with Gasteiger partial charge >= 0.3 is 0 Å². The summed E-state index contributed by atoms with van der Waals surface area (Å²) in [5.74, 6) is -1.42. The van der Waals surface area contributed by atoms with E-state index in [2.05, 4.69) is 0 Å². The predicted molar refractivity (Wildman–Crippen MR) is 63.1 cm³/mol. The Labute approximate surface area is 106 Å². The van der Waals surface area contributed by atoms with E-state index in [0.29, 0.717) is 12.8 Å². The SMILES string of the molecule is CCCC1C(C(C)=O)C(N)=C(C#N)C1(C#N)C#N. The molecule has 0 radical (unpaired) electrons. The largest absolute Gasteiger partial charge is 0.401 e. The number of rotatable bonds is 3. The fourth-order valence-corrected chi connectivity index (χ4v) is 2.69. The molecular weight excluding hydrogens is 228 g/mol. The molecular formula is C13H14N4O. The van der Waals surface area contributed by atoms with Gasteiger partial charge in [-0.05, 0) is 13.3 Å². The fourth-order valence-electron chi connectivity index (χ4n) is 2.69. The zero-order valence-electron chi connectivity index (χ0n) is 10.4. The van der Waals surface area contributed by atoms with Crippen LogP contribution in [-0.4, -0.2) is 5.78 Å². The molecule has 18 heavy (non-hydrogen) atoms. The summed E-state index contributed by atoms with van der Waals surface area (Å²) in [5.41, 5.74) is 4.28. The number of allylic oxidation sites excluding steroid dienone is 2. The first-order valence-electron chi connectivity index (χ1n) is 5.73. The maximum Gasteiger partial charge on any atom is 0.183 e. The second-order valence-corrected chi connectivity index (χ2v) is 4.46. The summed E-state index contributed by atoms with van der Waals surface area (Å²) in [6, 6.07) is 5.65. The molecule has 0 aromatic rings. The van der Waals surface area contributed by atoms with Crippen molar-refractivity contribution in [1.29, 1.82) is 15.8 Å². The molecule has 2 atom stereocenters. The molecule has 0 fully saturated rings. The topological polar surface area (TPSA) is 114 Å². The van der Waals surface area contributed by atoms with Crippen molar-refractivity contribution < 1.29 is 4.79 Å². The van der Waals surface area contributed by atoms with Gasteiger partial charge in [0.05, 0.1) is 29.7 Å². The van der Waals surface area contributed by atoms with Gasteiger partial charge in [-0.1, -0.05) is 13.3 Å². The van der Waals surface area contributed by atoms with Crippen LogP contribution in [-0.2, 0) is 4.79 Å². The minimum atomic E-state index is -1.58. The van der Waals surface area contributed by atoms with E-state index in [1.165, 1.54) is 6.92 Å². The normalized spacial score (nSPS) is 25.1. The lowest BCUT2D eigenvalue weighted by atomic mass is 9.71. The number of ketones is 1. The molecule has 2 N–H and O–H groups in total. The van der Waals surface area contributed by atoms with Crippen molar-refractivity contribution >= 4 is 5.78 Å².